The topological polar surface area (TPSA) is 57.2 Å². The number of carbonyl (C=O) groups excluding carboxylic acids is 1. The number of amides is 1. The number of hydrogen-bond acceptors (Lipinski definition) is 2. The molecule has 1 atom stereocenters. The molecule has 0 bridgehead atoms. The first-order valence-corrected chi connectivity index (χ1v) is 4.46. The zero-order valence-corrected chi connectivity index (χ0v) is 8.08. The van der Waals surface area contributed by atoms with E-state index in [4.69, 9.17) is 5.39 Å². The Balaban J connectivity index is 2.58. The lowest BCUT2D eigenvalue weighted by Crippen LogP contribution is -2.08. The highest BCUT2D eigenvalue weighted by Gasteiger charge is 2.41. The number of rotatable bonds is 0. The van der Waals surface area contributed by atoms with Gasteiger partial charge in [0.25, 0.3) is 0 Å². The van der Waals surface area contributed by atoms with Crippen LogP contribution in [0.3, 0.4) is 0 Å². The van der Waals surface area contributed by atoms with Gasteiger partial charge in [-0.1, -0.05) is 15.9 Å². The van der Waals surface area contributed by atoms with Crippen LogP contribution in [0.1, 0.15) is 11.6 Å². The molecule has 0 radical (unpaired) electrons. The van der Waals surface area contributed by atoms with Crippen molar-refractivity contribution in [2.24, 2.45) is 0 Å². The highest BCUT2D eigenvalue weighted by atomic mass is 79.9. The smallest absolute Gasteiger partial charge is 0.318 e. The molecule has 1 aliphatic rings. The van der Waals surface area contributed by atoms with E-state index in [1.807, 2.05) is 6.07 Å². The van der Waals surface area contributed by atoms with Gasteiger partial charge in [-0.25, -0.2) is 0 Å². The van der Waals surface area contributed by atoms with Crippen molar-refractivity contribution in [2.45, 2.75) is 6.04 Å². The van der Waals surface area contributed by atoms with Crippen LogP contribution >= 0.6 is 15.9 Å². The summed E-state index contributed by atoms with van der Waals surface area (Å²) in [5.41, 5.74) is 1.40. The lowest BCUT2D eigenvalue weighted by atomic mass is 10.1. The molecule has 0 fully saturated rings. The lowest BCUT2D eigenvalue weighted by molar-refractivity contribution is -0.116. The fourth-order valence-corrected chi connectivity index (χ4v) is 1.71. The molecule has 0 aliphatic carbocycles. The molecule has 2 rings (SSSR count). The molecule has 4 nitrogen and oxygen atoms in total. The van der Waals surface area contributed by atoms with Gasteiger partial charge in [0.1, 0.15) is 4.98 Å². The number of hydrogen-bond donors (Lipinski definition) is 1. The third-order valence-corrected chi connectivity index (χ3v) is 2.42. The number of diazo groups is 1. The molecule has 1 amide bonds. The minimum absolute atomic E-state index is 0.296. The van der Waals surface area contributed by atoms with Crippen LogP contribution in [-0.2, 0) is 4.79 Å². The summed E-state index contributed by atoms with van der Waals surface area (Å²) in [4.78, 5) is 14.2. The minimum atomic E-state index is -0.785. The van der Waals surface area contributed by atoms with E-state index in [1.165, 1.54) is 0 Å². The number of carbonyl (C=O) groups is 1. The van der Waals surface area contributed by atoms with Gasteiger partial charge in [-0.15, -0.1) is 0 Å². The second-order valence-electron chi connectivity index (χ2n) is 2.74. The summed E-state index contributed by atoms with van der Waals surface area (Å²) in [6.45, 7) is 0. The van der Waals surface area contributed by atoms with Gasteiger partial charge < -0.3 is 5.32 Å². The van der Waals surface area contributed by atoms with Crippen molar-refractivity contribution >= 4 is 27.5 Å². The Bertz CT molecular complexity index is 424. The van der Waals surface area contributed by atoms with Crippen LogP contribution in [0.25, 0.3) is 4.98 Å². The molecule has 13 heavy (non-hydrogen) atoms. The van der Waals surface area contributed by atoms with Gasteiger partial charge in [0.05, 0.1) is 11.3 Å². The maximum atomic E-state index is 11.2. The summed E-state index contributed by atoms with van der Waals surface area (Å²) in [7, 11) is 0. The summed E-state index contributed by atoms with van der Waals surface area (Å²) in [5, 5.41) is 11.2. The zero-order valence-electron chi connectivity index (χ0n) is 6.49. The van der Waals surface area contributed by atoms with E-state index in [9.17, 15) is 4.79 Å². The highest BCUT2D eigenvalue weighted by Crippen LogP contribution is 2.34. The molecule has 1 aromatic carbocycles. The Hall–Kier alpha value is -1.41. The molecule has 1 aromatic rings. The monoisotopic (exact) mass is 238 g/mol. The van der Waals surface area contributed by atoms with Crippen LogP contribution in [-0.4, -0.2) is 5.91 Å². The molecule has 0 spiro atoms. The predicted molar refractivity (Wildman–Crippen MR) is 50.6 cm³/mol. The molecular weight excluding hydrogens is 234 g/mol. The molecule has 0 saturated heterocycles. The van der Waals surface area contributed by atoms with Gasteiger partial charge in [0, 0.05) is 4.47 Å². The molecule has 1 heterocycles. The van der Waals surface area contributed by atoms with Crippen molar-refractivity contribution < 1.29 is 4.79 Å². The minimum Gasteiger partial charge on any atom is -0.318 e. The van der Waals surface area contributed by atoms with Crippen LogP contribution in [0, 0.1) is 5.39 Å². The average Bonchev–Trinajstić information content (AvgIpc) is 2.40. The van der Waals surface area contributed by atoms with E-state index < -0.39 is 6.04 Å². The number of nitrogens with zero attached hydrogens (tertiary/aromatic N) is 2. The number of halogens is 1. The summed E-state index contributed by atoms with van der Waals surface area (Å²) in [6, 6.07) is 4.56. The second kappa shape index (κ2) is 2.82. The lowest BCUT2D eigenvalue weighted by Gasteiger charge is -1.94. The maximum absolute atomic E-state index is 11.2. The Morgan fingerprint density at radius 2 is 2.31 bits per heavy atom. The van der Waals surface area contributed by atoms with Crippen molar-refractivity contribution in [1.29, 1.82) is 5.39 Å². The fourth-order valence-electron chi connectivity index (χ4n) is 1.33. The Labute approximate surface area is 82.7 Å². The normalized spacial score (nSPS) is 19.1. The number of benzene rings is 1. The van der Waals surface area contributed by atoms with E-state index in [0.717, 1.165) is 4.47 Å². The molecule has 1 unspecified atom stereocenters. The van der Waals surface area contributed by atoms with Crippen LogP contribution < -0.4 is 5.32 Å². The molecule has 64 valence electrons. The van der Waals surface area contributed by atoms with Crippen LogP contribution in [0.5, 0.6) is 0 Å². The second-order valence-corrected chi connectivity index (χ2v) is 3.65. The molecule has 1 N–H and O–H groups in total. The summed E-state index contributed by atoms with van der Waals surface area (Å²) in [6.07, 6.45) is 0. The van der Waals surface area contributed by atoms with Crippen molar-refractivity contribution in [3.8, 4) is 0 Å². The molecular formula is C8H5BrN3O+. The van der Waals surface area contributed by atoms with Gasteiger partial charge in [-0.05, 0) is 18.2 Å². The Morgan fingerprint density at radius 3 is 3.00 bits per heavy atom. The summed E-state index contributed by atoms with van der Waals surface area (Å²) in [5.74, 6) is -0.296. The van der Waals surface area contributed by atoms with Gasteiger partial charge in [-0.3, -0.25) is 4.79 Å². The van der Waals surface area contributed by atoms with Crippen LogP contribution in [0.4, 0.5) is 5.69 Å². The molecule has 0 aromatic heterocycles. The van der Waals surface area contributed by atoms with Crippen LogP contribution in [0.15, 0.2) is 22.7 Å². The van der Waals surface area contributed by atoms with Crippen molar-refractivity contribution in [1.82, 2.24) is 0 Å². The van der Waals surface area contributed by atoms with Gasteiger partial charge in [-0.2, -0.15) is 0 Å². The first-order chi connectivity index (χ1) is 6.22. The first-order valence-electron chi connectivity index (χ1n) is 3.67. The van der Waals surface area contributed by atoms with Gasteiger partial charge in [0.15, 0.2) is 0 Å². The fraction of sp³-hybridized carbons (Fsp3) is 0.125. The van der Waals surface area contributed by atoms with E-state index in [0.29, 0.717) is 11.3 Å². The summed E-state index contributed by atoms with van der Waals surface area (Å²) < 4.78 is 0.858. The number of fused-ring (bicyclic) bond motifs is 1. The predicted octanol–water partition coefficient (Wildman–Crippen LogP) is 2.30. The van der Waals surface area contributed by atoms with Gasteiger partial charge in [0.2, 0.25) is 5.39 Å². The highest BCUT2D eigenvalue weighted by molar-refractivity contribution is 9.10. The zero-order chi connectivity index (χ0) is 9.42. The molecule has 1 aliphatic heterocycles. The van der Waals surface area contributed by atoms with Crippen molar-refractivity contribution in [3.63, 3.8) is 0 Å². The standard InChI is InChI=1S/C8H4BrN3O/c9-4-1-2-6-5(3-4)7(12-10)8(13)11-6/h1-3,7H/p+1. The average molecular weight is 239 g/mol. The third-order valence-electron chi connectivity index (χ3n) is 1.93. The maximum Gasteiger partial charge on any atom is 0.417 e. The molecule has 0 saturated carbocycles. The number of nitrogens with one attached hydrogen (secondary N) is 1. The SMILES string of the molecule is N#[N+]C1C(=O)Nc2ccc(Br)cc21. The van der Waals surface area contributed by atoms with E-state index in [2.05, 4.69) is 26.2 Å². The van der Waals surface area contributed by atoms with E-state index in [-0.39, 0.29) is 5.91 Å². The van der Waals surface area contributed by atoms with Crippen molar-refractivity contribution in [3.05, 3.63) is 33.2 Å². The first kappa shape index (κ1) is 8.20. The number of anilines is 1. The van der Waals surface area contributed by atoms with E-state index in [1.54, 1.807) is 12.1 Å². The quantitative estimate of drug-likeness (QED) is 0.706. The largest absolute Gasteiger partial charge is 0.417 e. The Kier molecular flexibility index (Phi) is 1.78. The molecule has 5 heteroatoms. The van der Waals surface area contributed by atoms with Gasteiger partial charge >= 0.3 is 11.9 Å². The Morgan fingerprint density at radius 1 is 1.54 bits per heavy atom. The third kappa shape index (κ3) is 1.19. The van der Waals surface area contributed by atoms with E-state index >= 15 is 0 Å². The van der Waals surface area contributed by atoms with Crippen molar-refractivity contribution in [2.75, 3.05) is 5.32 Å². The van der Waals surface area contributed by atoms with Crippen LogP contribution in [0.2, 0.25) is 0 Å². The summed E-state index contributed by atoms with van der Waals surface area (Å²) >= 11 is 3.28.